The third-order valence-corrected chi connectivity index (χ3v) is 6.57. The number of para-hydroxylation sites is 1. The maximum Gasteiger partial charge on any atom is 0.294 e. The van der Waals surface area contributed by atoms with E-state index in [4.69, 9.17) is 0 Å². The van der Waals surface area contributed by atoms with Crippen molar-refractivity contribution in [2.45, 2.75) is 18.7 Å². The van der Waals surface area contributed by atoms with Crippen LogP contribution in [0.3, 0.4) is 0 Å². The van der Waals surface area contributed by atoms with E-state index in [0.29, 0.717) is 43.8 Å². The number of benzene rings is 3. The normalized spacial score (nSPS) is 12.4. The van der Waals surface area contributed by atoms with Gasteiger partial charge < -0.3 is 9.97 Å². The second kappa shape index (κ2) is 6.01. The fourth-order valence-corrected chi connectivity index (χ4v) is 4.94. The summed E-state index contributed by atoms with van der Waals surface area (Å²) in [5.74, 6) is 0. The van der Waals surface area contributed by atoms with Crippen LogP contribution in [0.15, 0.2) is 56.9 Å². The average molecular weight is 420 g/mol. The Bertz CT molecular complexity index is 1780. The Labute approximate surface area is 169 Å². The minimum Gasteiger partial charge on any atom is -0.354 e. The summed E-state index contributed by atoms with van der Waals surface area (Å²) < 4.78 is 33.1. The lowest BCUT2D eigenvalue weighted by molar-refractivity contribution is 0.482. The minimum atomic E-state index is -4.48. The number of H-pyrrole nitrogens is 2. The van der Waals surface area contributed by atoms with Crippen molar-refractivity contribution in [2.24, 2.45) is 0 Å². The predicted molar refractivity (Wildman–Crippen MR) is 117 cm³/mol. The van der Waals surface area contributed by atoms with E-state index in [1.807, 2.05) is 6.07 Å². The Morgan fingerprint density at radius 1 is 0.800 bits per heavy atom. The molecule has 0 aliphatic rings. The topological polar surface area (TPSA) is 120 Å². The van der Waals surface area contributed by atoms with Gasteiger partial charge in [-0.2, -0.15) is 8.42 Å². The highest BCUT2D eigenvalue weighted by Crippen LogP contribution is 2.28. The second-order valence-electron chi connectivity index (χ2n) is 7.44. The molecular formula is C22H16N2O5S. The van der Waals surface area contributed by atoms with Gasteiger partial charge >= 0.3 is 0 Å². The first-order chi connectivity index (χ1) is 14.2. The zero-order valence-electron chi connectivity index (χ0n) is 16.0. The fourth-order valence-electron chi connectivity index (χ4n) is 4.13. The van der Waals surface area contributed by atoms with Crippen molar-refractivity contribution in [3.05, 3.63) is 74.0 Å². The summed E-state index contributed by atoms with van der Waals surface area (Å²) in [5, 5.41) is 1.51. The maximum atomic E-state index is 13.3. The van der Waals surface area contributed by atoms with Crippen molar-refractivity contribution in [3.63, 3.8) is 0 Å². The quantitative estimate of drug-likeness (QED) is 0.283. The Hall–Kier alpha value is -3.49. The molecule has 0 saturated heterocycles. The van der Waals surface area contributed by atoms with Crippen molar-refractivity contribution in [2.75, 3.05) is 0 Å². The van der Waals surface area contributed by atoms with Gasteiger partial charge in [0.05, 0.1) is 26.8 Å². The van der Waals surface area contributed by atoms with E-state index in [1.165, 1.54) is 13.0 Å². The highest BCUT2D eigenvalue weighted by atomic mass is 32.2. The van der Waals surface area contributed by atoms with Crippen molar-refractivity contribution < 1.29 is 13.0 Å². The van der Waals surface area contributed by atoms with Crippen molar-refractivity contribution in [3.8, 4) is 0 Å². The van der Waals surface area contributed by atoms with Crippen LogP contribution in [0.4, 0.5) is 0 Å². The number of aromatic amines is 2. The van der Waals surface area contributed by atoms with Gasteiger partial charge in [0.25, 0.3) is 10.1 Å². The van der Waals surface area contributed by atoms with Crippen LogP contribution < -0.4 is 10.9 Å². The summed E-state index contributed by atoms with van der Waals surface area (Å²) in [6.45, 7) is 3.14. The number of aryl methyl sites for hydroxylation is 2. The molecule has 7 nitrogen and oxygen atoms in total. The van der Waals surface area contributed by atoms with E-state index in [-0.39, 0.29) is 26.7 Å². The molecular weight excluding hydrogens is 404 g/mol. The molecule has 3 N–H and O–H groups in total. The summed E-state index contributed by atoms with van der Waals surface area (Å²) in [6.07, 6.45) is 0. The van der Waals surface area contributed by atoms with Gasteiger partial charge in [0.15, 0.2) is 10.9 Å². The molecule has 0 unspecified atom stereocenters. The number of fused-ring (bicyclic) bond motifs is 4. The number of nitrogens with one attached hydrogen (secondary N) is 2. The molecule has 0 amide bonds. The molecule has 0 aliphatic carbocycles. The molecule has 0 aliphatic heterocycles. The van der Waals surface area contributed by atoms with Gasteiger partial charge in [-0.3, -0.25) is 14.1 Å². The third-order valence-electron chi connectivity index (χ3n) is 5.59. The SMILES string of the molecule is Cc1cc(S(=O)(=O)O)c(C)c2c(=O)c3cc4[nH]c5ccccc5c(=O)c4cc3[nH]c12. The molecule has 0 fully saturated rings. The van der Waals surface area contributed by atoms with E-state index in [0.717, 1.165) is 0 Å². The molecule has 8 heteroatoms. The van der Waals surface area contributed by atoms with Crippen LogP contribution in [0.2, 0.25) is 0 Å². The average Bonchev–Trinajstić information content (AvgIpc) is 2.69. The molecule has 0 bridgehead atoms. The van der Waals surface area contributed by atoms with E-state index in [1.54, 1.807) is 37.3 Å². The molecule has 2 aromatic heterocycles. The Balaban J connectivity index is 2.01. The third kappa shape index (κ3) is 2.51. The predicted octanol–water partition coefficient (Wildman–Crippen LogP) is 3.54. The number of rotatable bonds is 1. The zero-order chi connectivity index (χ0) is 21.4. The number of pyridine rings is 2. The second-order valence-corrected chi connectivity index (χ2v) is 8.83. The molecule has 5 aromatic rings. The summed E-state index contributed by atoms with van der Waals surface area (Å²) in [5.41, 5.74) is 2.26. The monoisotopic (exact) mass is 420 g/mol. The Morgan fingerprint density at radius 2 is 1.43 bits per heavy atom. The van der Waals surface area contributed by atoms with E-state index in [2.05, 4.69) is 9.97 Å². The molecule has 30 heavy (non-hydrogen) atoms. The minimum absolute atomic E-state index is 0.142. The fraction of sp³-hybridized carbons (Fsp3) is 0.0909. The summed E-state index contributed by atoms with van der Waals surface area (Å²) in [4.78, 5) is 32.4. The lowest BCUT2D eigenvalue weighted by atomic mass is 10.0. The number of hydrogen-bond donors (Lipinski definition) is 3. The van der Waals surface area contributed by atoms with Crippen LogP contribution in [-0.4, -0.2) is 22.9 Å². The highest BCUT2D eigenvalue weighted by molar-refractivity contribution is 7.85. The van der Waals surface area contributed by atoms with Crippen LogP contribution in [-0.2, 0) is 10.1 Å². The van der Waals surface area contributed by atoms with Crippen molar-refractivity contribution in [1.29, 1.82) is 0 Å². The zero-order valence-corrected chi connectivity index (χ0v) is 16.8. The number of hydrogen-bond acceptors (Lipinski definition) is 4. The van der Waals surface area contributed by atoms with Gasteiger partial charge in [-0.15, -0.1) is 0 Å². The summed E-state index contributed by atoms with van der Waals surface area (Å²) in [7, 11) is -4.48. The number of aromatic nitrogens is 2. The van der Waals surface area contributed by atoms with Crippen molar-refractivity contribution >= 4 is 53.7 Å². The first kappa shape index (κ1) is 18.5. The lowest BCUT2D eigenvalue weighted by Crippen LogP contribution is -2.12. The van der Waals surface area contributed by atoms with Crippen LogP contribution in [0.1, 0.15) is 11.1 Å². The van der Waals surface area contributed by atoms with Gasteiger partial charge in [0.2, 0.25) is 0 Å². The highest BCUT2D eigenvalue weighted by Gasteiger charge is 2.20. The molecule has 2 heterocycles. The van der Waals surface area contributed by atoms with Gasteiger partial charge in [-0.05, 0) is 55.3 Å². The first-order valence-corrected chi connectivity index (χ1v) is 10.6. The van der Waals surface area contributed by atoms with E-state index in [9.17, 15) is 22.6 Å². The molecule has 150 valence electrons. The van der Waals surface area contributed by atoms with E-state index < -0.39 is 10.1 Å². The van der Waals surface area contributed by atoms with Gasteiger partial charge in [-0.1, -0.05) is 12.1 Å². The van der Waals surface area contributed by atoms with Crippen LogP contribution in [0.25, 0.3) is 43.6 Å². The standard InChI is InChI=1S/C22H16N2O5S/c1-10-7-18(30(27,28)29)11(2)19-20(10)24-17-8-13-16(9-14(17)22(19)26)23-15-6-4-3-5-12(15)21(13)25/h3-9H,1-2H3,(H,23,25)(H,24,26)(H,27,28,29). The first-order valence-electron chi connectivity index (χ1n) is 9.19. The molecule has 0 radical (unpaired) electrons. The Morgan fingerprint density at radius 3 is 2.13 bits per heavy atom. The van der Waals surface area contributed by atoms with E-state index >= 15 is 0 Å². The summed E-state index contributed by atoms with van der Waals surface area (Å²) in [6, 6.07) is 11.7. The molecule has 3 aromatic carbocycles. The van der Waals surface area contributed by atoms with Gasteiger partial charge in [0, 0.05) is 21.7 Å². The van der Waals surface area contributed by atoms with Crippen LogP contribution in [0.5, 0.6) is 0 Å². The lowest BCUT2D eigenvalue weighted by Gasteiger charge is -2.12. The molecule has 0 spiro atoms. The molecule has 5 rings (SSSR count). The van der Waals surface area contributed by atoms with Crippen LogP contribution >= 0.6 is 0 Å². The van der Waals surface area contributed by atoms with Gasteiger partial charge in [-0.25, -0.2) is 0 Å². The Kier molecular flexibility index (Phi) is 3.71. The van der Waals surface area contributed by atoms with Crippen LogP contribution in [0, 0.1) is 13.8 Å². The summed E-state index contributed by atoms with van der Waals surface area (Å²) >= 11 is 0. The molecule has 0 saturated carbocycles. The maximum absolute atomic E-state index is 13.3. The van der Waals surface area contributed by atoms with Crippen molar-refractivity contribution in [1.82, 2.24) is 9.97 Å². The molecule has 0 atom stereocenters. The largest absolute Gasteiger partial charge is 0.354 e. The van der Waals surface area contributed by atoms with Gasteiger partial charge in [0.1, 0.15) is 0 Å². The smallest absolute Gasteiger partial charge is 0.294 e.